The summed E-state index contributed by atoms with van der Waals surface area (Å²) in [5.41, 5.74) is 0.845. The van der Waals surface area contributed by atoms with Crippen LogP contribution in [0.4, 0.5) is 10.1 Å². The van der Waals surface area contributed by atoms with Crippen LogP contribution in [0.5, 0.6) is 0 Å². The molecule has 138 valence electrons. The topological polar surface area (TPSA) is 102 Å². The van der Waals surface area contributed by atoms with Crippen molar-refractivity contribution in [1.82, 2.24) is 4.72 Å². The number of hydrogen-bond donors (Lipinski definition) is 2. The molecular weight excluding hydrogens is 363 g/mol. The molecule has 0 radical (unpaired) electrons. The first-order valence-corrected chi connectivity index (χ1v) is 9.02. The highest BCUT2D eigenvalue weighted by Gasteiger charge is 2.16. The predicted octanol–water partition coefficient (Wildman–Crippen LogP) is 1.59. The highest BCUT2D eigenvalue weighted by atomic mass is 32.2. The van der Waals surface area contributed by atoms with E-state index in [1.807, 2.05) is 6.92 Å². The first-order valence-electron chi connectivity index (χ1n) is 7.54. The summed E-state index contributed by atoms with van der Waals surface area (Å²) in [6.07, 6.45) is 0. The average Bonchev–Trinajstić information content (AvgIpc) is 2.60. The Kier molecular flexibility index (Phi) is 6.42. The van der Waals surface area contributed by atoms with Crippen LogP contribution < -0.4 is 10.0 Å². The molecule has 1 amide bonds. The van der Waals surface area contributed by atoms with Crippen LogP contribution in [0, 0.1) is 12.7 Å². The van der Waals surface area contributed by atoms with Crippen molar-refractivity contribution >= 4 is 27.6 Å². The number of benzene rings is 2. The molecule has 2 aromatic carbocycles. The van der Waals surface area contributed by atoms with Crippen LogP contribution in [0.25, 0.3) is 0 Å². The minimum Gasteiger partial charge on any atom is -0.455 e. The highest BCUT2D eigenvalue weighted by molar-refractivity contribution is 7.89. The number of aryl methyl sites for hydroxylation is 1. The second-order valence-electron chi connectivity index (χ2n) is 5.33. The monoisotopic (exact) mass is 380 g/mol. The SMILES string of the molecule is Cc1ccc(S(=O)(=O)NCC(=O)OCC(=O)Nc2ccccc2F)cc1. The molecule has 0 aliphatic heterocycles. The van der Waals surface area contributed by atoms with Gasteiger partial charge in [0.25, 0.3) is 5.91 Å². The molecule has 7 nitrogen and oxygen atoms in total. The summed E-state index contributed by atoms with van der Waals surface area (Å²) in [5, 5.41) is 2.24. The number of para-hydroxylation sites is 1. The normalized spacial score (nSPS) is 11.0. The third-order valence-corrected chi connectivity index (χ3v) is 4.67. The lowest BCUT2D eigenvalue weighted by molar-refractivity contribution is -0.146. The lowest BCUT2D eigenvalue weighted by Gasteiger charge is -2.09. The van der Waals surface area contributed by atoms with E-state index in [-0.39, 0.29) is 10.6 Å². The number of carbonyl (C=O) groups is 2. The second-order valence-corrected chi connectivity index (χ2v) is 7.09. The molecule has 9 heteroatoms. The Balaban J connectivity index is 1.80. The van der Waals surface area contributed by atoms with Gasteiger partial charge in [0, 0.05) is 0 Å². The molecule has 0 unspecified atom stereocenters. The third-order valence-electron chi connectivity index (χ3n) is 3.25. The van der Waals surface area contributed by atoms with E-state index in [4.69, 9.17) is 0 Å². The van der Waals surface area contributed by atoms with Crippen LogP contribution in [0.2, 0.25) is 0 Å². The summed E-state index contributed by atoms with van der Waals surface area (Å²) < 4.78 is 44.2. The van der Waals surface area contributed by atoms with Crippen molar-refractivity contribution in [3.05, 3.63) is 59.9 Å². The van der Waals surface area contributed by atoms with Crippen molar-refractivity contribution in [2.45, 2.75) is 11.8 Å². The van der Waals surface area contributed by atoms with Gasteiger partial charge in [0.2, 0.25) is 10.0 Å². The molecule has 0 aromatic heterocycles. The summed E-state index contributed by atoms with van der Waals surface area (Å²) in [7, 11) is -3.87. The van der Waals surface area contributed by atoms with Crippen molar-refractivity contribution in [2.24, 2.45) is 0 Å². The minimum atomic E-state index is -3.87. The number of anilines is 1. The Morgan fingerprint density at radius 2 is 1.73 bits per heavy atom. The fourth-order valence-electron chi connectivity index (χ4n) is 1.90. The van der Waals surface area contributed by atoms with Crippen LogP contribution >= 0.6 is 0 Å². The molecule has 0 atom stereocenters. The van der Waals surface area contributed by atoms with Crippen molar-refractivity contribution < 1.29 is 27.1 Å². The van der Waals surface area contributed by atoms with E-state index in [1.165, 1.54) is 36.4 Å². The van der Waals surface area contributed by atoms with E-state index in [1.54, 1.807) is 12.1 Å². The maximum absolute atomic E-state index is 13.4. The van der Waals surface area contributed by atoms with Gasteiger partial charge < -0.3 is 10.1 Å². The van der Waals surface area contributed by atoms with E-state index < -0.39 is 40.9 Å². The molecule has 2 N–H and O–H groups in total. The zero-order valence-corrected chi connectivity index (χ0v) is 14.7. The van der Waals surface area contributed by atoms with Crippen molar-refractivity contribution in [1.29, 1.82) is 0 Å². The number of rotatable bonds is 7. The van der Waals surface area contributed by atoms with Crippen LogP contribution in [0.3, 0.4) is 0 Å². The van der Waals surface area contributed by atoms with Gasteiger partial charge in [-0.1, -0.05) is 29.8 Å². The van der Waals surface area contributed by atoms with Crippen LogP contribution in [-0.2, 0) is 24.3 Å². The van der Waals surface area contributed by atoms with Crippen molar-refractivity contribution in [3.63, 3.8) is 0 Å². The van der Waals surface area contributed by atoms with E-state index >= 15 is 0 Å². The summed E-state index contributed by atoms with van der Waals surface area (Å²) in [6, 6.07) is 11.6. The van der Waals surface area contributed by atoms with Gasteiger partial charge in [-0.15, -0.1) is 0 Å². The Labute approximate surface area is 150 Å². The van der Waals surface area contributed by atoms with Gasteiger partial charge in [0.15, 0.2) is 6.61 Å². The number of halogens is 1. The molecule has 0 fully saturated rings. The molecule has 0 bridgehead atoms. The third kappa shape index (κ3) is 5.64. The molecule has 0 saturated heterocycles. The Morgan fingerprint density at radius 3 is 2.38 bits per heavy atom. The Bertz CT molecular complexity index is 898. The zero-order valence-electron chi connectivity index (χ0n) is 13.9. The van der Waals surface area contributed by atoms with Crippen LogP contribution in [0.1, 0.15) is 5.56 Å². The predicted molar refractivity (Wildman–Crippen MR) is 92.4 cm³/mol. The van der Waals surface area contributed by atoms with E-state index in [0.29, 0.717) is 0 Å². The quantitative estimate of drug-likeness (QED) is 0.711. The maximum atomic E-state index is 13.4. The molecule has 0 heterocycles. The van der Waals surface area contributed by atoms with E-state index in [0.717, 1.165) is 5.56 Å². The number of ether oxygens (including phenoxy) is 1. The second kappa shape index (κ2) is 8.54. The lowest BCUT2D eigenvalue weighted by atomic mass is 10.2. The molecule has 0 spiro atoms. The fourth-order valence-corrected chi connectivity index (χ4v) is 2.87. The fraction of sp³-hybridized carbons (Fsp3) is 0.176. The zero-order chi connectivity index (χ0) is 19.2. The van der Waals surface area contributed by atoms with Gasteiger partial charge in [0.1, 0.15) is 12.4 Å². The number of nitrogens with one attached hydrogen (secondary N) is 2. The highest BCUT2D eigenvalue weighted by Crippen LogP contribution is 2.12. The van der Waals surface area contributed by atoms with Crippen LogP contribution in [0.15, 0.2) is 53.4 Å². The smallest absolute Gasteiger partial charge is 0.321 e. The number of sulfonamides is 1. The summed E-state index contributed by atoms with van der Waals surface area (Å²) in [4.78, 5) is 23.2. The summed E-state index contributed by atoms with van der Waals surface area (Å²) in [5.74, 6) is -2.31. The maximum Gasteiger partial charge on any atom is 0.321 e. The molecule has 26 heavy (non-hydrogen) atoms. The summed E-state index contributed by atoms with van der Waals surface area (Å²) >= 11 is 0. The molecule has 0 saturated carbocycles. The minimum absolute atomic E-state index is 0.00759. The van der Waals surface area contributed by atoms with Gasteiger partial charge in [0.05, 0.1) is 10.6 Å². The Hall–Kier alpha value is -2.78. The number of amides is 1. The van der Waals surface area contributed by atoms with Crippen molar-refractivity contribution in [2.75, 3.05) is 18.5 Å². The van der Waals surface area contributed by atoms with Gasteiger partial charge in [-0.3, -0.25) is 9.59 Å². The molecule has 0 aliphatic carbocycles. The largest absolute Gasteiger partial charge is 0.455 e. The first kappa shape index (κ1) is 19.5. The number of esters is 1. The van der Waals surface area contributed by atoms with Crippen LogP contribution in [-0.4, -0.2) is 33.4 Å². The molecular formula is C17H17FN2O5S. The summed E-state index contributed by atoms with van der Waals surface area (Å²) in [6.45, 7) is 0.510. The number of hydrogen-bond acceptors (Lipinski definition) is 5. The van der Waals surface area contributed by atoms with Gasteiger partial charge in [-0.2, -0.15) is 4.72 Å². The number of carbonyl (C=O) groups excluding carboxylic acids is 2. The average molecular weight is 380 g/mol. The van der Waals surface area contributed by atoms with Gasteiger partial charge in [-0.05, 0) is 31.2 Å². The molecule has 2 rings (SSSR count). The lowest BCUT2D eigenvalue weighted by Crippen LogP contribution is -2.32. The van der Waals surface area contributed by atoms with Crippen molar-refractivity contribution in [3.8, 4) is 0 Å². The molecule has 0 aliphatic rings. The van der Waals surface area contributed by atoms with E-state index in [2.05, 4.69) is 14.8 Å². The standard InChI is InChI=1S/C17H17FN2O5S/c1-12-6-8-13(9-7-12)26(23,24)19-10-17(22)25-11-16(21)20-15-5-3-2-4-14(15)18/h2-9,19H,10-11H2,1H3,(H,20,21). The van der Waals surface area contributed by atoms with E-state index in [9.17, 15) is 22.4 Å². The van der Waals surface area contributed by atoms with Gasteiger partial charge >= 0.3 is 5.97 Å². The Morgan fingerprint density at radius 1 is 1.08 bits per heavy atom. The molecule has 2 aromatic rings. The first-order chi connectivity index (χ1) is 12.3. The van der Waals surface area contributed by atoms with Gasteiger partial charge in [-0.25, -0.2) is 12.8 Å².